The van der Waals surface area contributed by atoms with Crippen LogP contribution >= 0.6 is 0 Å². The minimum atomic E-state index is -1.37. The molecule has 0 saturated heterocycles. The maximum Gasteiger partial charge on any atom is 0.121 e. The zero-order chi connectivity index (χ0) is 104. The van der Waals surface area contributed by atoms with Crippen molar-refractivity contribution in [2.24, 2.45) is 11.3 Å². The fourth-order valence-electron chi connectivity index (χ4n) is 20.3. The summed E-state index contributed by atoms with van der Waals surface area (Å²) in [6.45, 7) is 52.8. The summed E-state index contributed by atoms with van der Waals surface area (Å²) >= 11 is 0. The first-order valence-electron chi connectivity index (χ1n) is 52.4. The molecule has 0 saturated carbocycles. The molecular formula is C136H140Ir3N6O2Si3-6. The van der Waals surface area contributed by atoms with Crippen molar-refractivity contribution in [1.29, 1.82) is 0 Å². The smallest absolute Gasteiger partial charge is 0.121 e. The number of aromatic nitrogens is 6. The summed E-state index contributed by atoms with van der Waals surface area (Å²) in [5, 5.41) is 8.90. The van der Waals surface area contributed by atoms with Gasteiger partial charge in [0, 0.05) is 114 Å². The molecular weight excluding hydrogens is 2410 g/mol. The van der Waals surface area contributed by atoms with Crippen LogP contribution in [0.3, 0.4) is 0 Å². The average Bonchev–Trinajstić information content (AvgIpc) is 1.56. The van der Waals surface area contributed by atoms with Gasteiger partial charge >= 0.3 is 0 Å². The van der Waals surface area contributed by atoms with E-state index in [1.54, 1.807) is 0 Å². The Hall–Kier alpha value is -12.3. The number of hydrogen-bond donors (Lipinski definition) is 0. The Kier molecular flexibility index (Phi) is 38.9. The van der Waals surface area contributed by atoms with E-state index in [2.05, 4.69) is 432 Å². The topological polar surface area (TPSA) is 104 Å². The van der Waals surface area contributed by atoms with E-state index < -0.39 is 24.2 Å². The molecule has 0 atom stereocenters. The van der Waals surface area contributed by atoms with Gasteiger partial charge in [-0.1, -0.05) is 374 Å². The van der Waals surface area contributed by atoms with E-state index in [-0.39, 0.29) is 71.1 Å². The second-order valence-corrected chi connectivity index (χ2v) is 59.7. The molecule has 12 aromatic carbocycles. The molecule has 14 heteroatoms. The summed E-state index contributed by atoms with van der Waals surface area (Å²) < 4.78 is 12.2. The van der Waals surface area contributed by atoms with E-state index in [1.807, 2.05) is 116 Å². The Morgan fingerprint density at radius 3 is 1.25 bits per heavy atom. The summed E-state index contributed by atoms with van der Waals surface area (Å²) in [6.07, 6.45) is 19.1. The Morgan fingerprint density at radius 2 is 0.760 bits per heavy atom. The van der Waals surface area contributed by atoms with Gasteiger partial charge in [-0.15, -0.1) is 179 Å². The number of benzene rings is 12. The quantitative estimate of drug-likeness (QED) is 0.0518. The van der Waals surface area contributed by atoms with Crippen LogP contribution in [0, 0.1) is 68.5 Å². The van der Waals surface area contributed by atoms with Crippen LogP contribution in [0.2, 0.25) is 58.9 Å². The van der Waals surface area contributed by atoms with E-state index in [0.717, 1.165) is 135 Å². The first-order valence-corrected chi connectivity index (χ1v) is 62.9. The minimum absolute atomic E-state index is 0. The maximum absolute atomic E-state index is 6.33. The fraction of sp³-hybridized carbons (Fsp3) is 0.250. The molecule has 21 rings (SSSR count). The van der Waals surface area contributed by atoms with Gasteiger partial charge in [-0.3, -0.25) is 0 Å². The third-order valence-electron chi connectivity index (χ3n) is 27.6. The van der Waals surface area contributed by atoms with E-state index in [1.165, 1.54) is 125 Å². The first-order chi connectivity index (χ1) is 70.5. The zero-order valence-corrected chi connectivity index (χ0v) is 101. The second-order valence-electron chi connectivity index (χ2n) is 44.6. The molecule has 771 valence electrons. The normalized spacial score (nSPS) is 11.9. The van der Waals surface area contributed by atoms with E-state index >= 15 is 0 Å². The van der Waals surface area contributed by atoms with Crippen LogP contribution in [0.1, 0.15) is 164 Å². The van der Waals surface area contributed by atoms with Gasteiger partial charge in [0.15, 0.2) is 0 Å². The summed E-state index contributed by atoms with van der Waals surface area (Å²) in [5.74, 6) is 1.66. The molecule has 0 aliphatic heterocycles. The van der Waals surface area contributed by atoms with Gasteiger partial charge in [0.05, 0.1) is 35.4 Å². The van der Waals surface area contributed by atoms with Crippen molar-refractivity contribution in [3.05, 3.63) is 427 Å². The van der Waals surface area contributed by atoms with Crippen molar-refractivity contribution in [3.63, 3.8) is 0 Å². The van der Waals surface area contributed by atoms with Crippen LogP contribution in [0.25, 0.3) is 156 Å². The van der Waals surface area contributed by atoms with Gasteiger partial charge in [-0.05, 0) is 193 Å². The Bertz CT molecular complexity index is 7920. The van der Waals surface area contributed by atoms with Gasteiger partial charge in [0.1, 0.15) is 11.2 Å². The second kappa shape index (κ2) is 50.8. The SMILES string of the molecule is CC(C)(C)Cc1cc(-c2[c-]cccc2)ncc1[Si](C)(C)C.CC(C)Cc1cc(-c2[c-]cccc2)ncc1[Si](C)(C)C.CC(C)c1cc(-c2[c-]cccc2)ncc1[Si](C)(C)C.CCCC1(CCC)c2ccccc2-c2c[c-]c(-c3cc(-c4ccccc4)c(C)cn3)cc21.Cc1cnc(-c2[c-]cc3oc4ccccc4c3c2)cc1-c1ccccc1.Cc1cnc(-c2[c-]ccc3c2oc2cc(C(C)C)ccc23)cc1-c1ccccc1.[Ir].[Ir].[Ir]. The number of furan rings is 2. The number of nitrogens with zero attached hydrogens (tertiary/aromatic N) is 6. The van der Waals surface area contributed by atoms with Crippen LogP contribution in [-0.2, 0) is 78.6 Å². The first kappa shape index (κ1) is 115. The number of para-hydroxylation sites is 1. The molecule has 150 heavy (non-hydrogen) atoms. The predicted molar refractivity (Wildman–Crippen MR) is 631 cm³/mol. The van der Waals surface area contributed by atoms with E-state index in [0.29, 0.717) is 17.8 Å². The van der Waals surface area contributed by atoms with Crippen LogP contribution in [0.5, 0.6) is 0 Å². The molecule has 8 heterocycles. The molecule has 0 spiro atoms. The molecule has 1 aliphatic rings. The molecule has 0 fully saturated rings. The minimum Gasteiger partial charge on any atom is -0.501 e. The molecule has 0 unspecified atom stereocenters. The Balaban J connectivity index is 0.000000151. The van der Waals surface area contributed by atoms with Crippen molar-refractivity contribution in [2.75, 3.05) is 0 Å². The van der Waals surface area contributed by atoms with Crippen molar-refractivity contribution < 1.29 is 69.2 Å². The van der Waals surface area contributed by atoms with Gasteiger partial charge < -0.3 is 38.7 Å². The molecule has 0 N–H and O–H groups in total. The standard InChI is InChI=1S/C31H30N.C27H22NO.C24H16NO.C19H26NSi.C18H24NSi.C17H22NSi.3Ir/c1-4-17-31(18-5-2)28-14-10-9-13-25(28)26-16-15-24(19-29(26)31)30-20-27(22(3)21-32-30)23-11-7-6-8-12-23;1-17(2)20-12-13-21-22-10-7-11-23(27(22)29-26(21)14-20)25-15-24(18(3)16-28-25)19-8-5-4-6-9-19;1-16-15-25-22(14-20(16)17-7-3-2-4-8-17)18-11-12-24-21(13-18)19-9-5-6-10-23(19)26-24;1-19(2,3)13-16-12-17(15-10-8-7-9-11-15)20-14-18(16)21(4,5)6;1-14(2)11-16-12-17(15-9-7-6-8-10-15)19-13-18(16)20(3,4)5;1-13(2)15-11-16(14-9-7-6-8-10-14)18-12-17(15)19(3,4)5;;;/h6-14,16,19-21H,4-5,17-18H2,1-3H3;4-10,12-17H,1-3H3;2-10,12-15H,1H3;7-10,12,14H,13H2,1-6H3;6-9,12-14H,11H2,1-5H3;6-9,11-13H,1-5H3;;;/q6*-1;;;. The predicted octanol–water partition coefficient (Wildman–Crippen LogP) is 35.5. The zero-order valence-electron chi connectivity index (χ0n) is 91.3. The third kappa shape index (κ3) is 27.4. The average molecular weight is 2550 g/mol. The van der Waals surface area contributed by atoms with E-state index in [9.17, 15) is 0 Å². The molecule has 0 bridgehead atoms. The summed E-state index contributed by atoms with van der Waals surface area (Å²) in [7, 11) is -4.05. The van der Waals surface area contributed by atoms with Crippen molar-refractivity contribution >= 4 is 83.7 Å². The summed E-state index contributed by atoms with van der Waals surface area (Å²) in [5.41, 5.74) is 38.1. The number of hydrogen-bond acceptors (Lipinski definition) is 8. The molecule has 20 aromatic rings. The largest absolute Gasteiger partial charge is 0.501 e. The summed E-state index contributed by atoms with van der Waals surface area (Å²) in [6, 6.07) is 125. The number of pyridine rings is 6. The van der Waals surface area contributed by atoms with Gasteiger partial charge in [-0.2, -0.15) is 0 Å². The molecule has 8 aromatic heterocycles. The van der Waals surface area contributed by atoms with E-state index in [4.69, 9.17) is 23.8 Å². The number of aryl methyl sites for hydroxylation is 3. The van der Waals surface area contributed by atoms with Crippen LogP contribution in [-0.4, -0.2) is 54.1 Å². The van der Waals surface area contributed by atoms with Crippen molar-refractivity contribution in [2.45, 2.75) is 212 Å². The Morgan fingerprint density at radius 1 is 0.327 bits per heavy atom. The third-order valence-corrected chi connectivity index (χ3v) is 33.8. The van der Waals surface area contributed by atoms with Gasteiger partial charge in [-0.25, -0.2) is 0 Å². The van der Waals surface area contributed by atoms with Crippen molar-refractivity contribution in [3.8, 4) is 112 Å². The molecule has 8 nitrogen and oxygen atoms in total. The molecule has 3 radical (unpaired) electrons. The number of fused-ring (bicyclic) bond motifs is 9. The fourth-order valence-corrected chi connectivity index (χ4v) is 25.2. The maximum atomic E-state index is 6.33. The molecule has 0 amide bonds. The van der Waals surface area contributed by atoms with Gasteiger partial charge in [0.25, 0.3) is 0 Å². The van der Waals surface area contributed by atoms with Crippen LogP contribution in [0.4, 0.5) is 0 Å². The summed E-state index contributed by atoms with van der Waals surface area (Å²) in [4.78, 5) is 28.2. The van der Waals surface area contributed by atoms with Crippen LogP contribution in [0.15, 0.2) is 349 Å². The van der Waals surface area contributed by atoms with Gasteiger partial charge in [0.2, 0.25) is 0 Å². The Labute approximate surface area is 936 Å². The monoisotopic (exact) mass is 2550 g/mol. The number of rotatable bonds is 21. The van der Waals surface area contributed by atoms with Crippen molar-refractivity contribution in [1.82, 2.24) is 29.9 Å². The molecule has 1 aliphatic carbocycles. The van der Waals surface area contributed by atoms with Crippen LogP contribution < -0.4 is 15.6 Å².